The molecule has 1 aliphatic heterocycles. The second-order valence-electron chi connectivity index (χ2n) is 4.40. The van der Waals surface area contributed by atoms with E-state index in [0.29, 0.717) is 6.04 Å². The van der Waals surface area contributed by atoms with Gasteiger partial charge in [-0.1, -0.05) is 5.57 Å². The smallest absolute Gasteiger partial charge is 0.0469 e. The maximum Gasteiger partial charge on any atom is 0.0469 e. The molecule has 1 saturated heterocycles. The third kappa shape index (κ3) is 4.25. The Bertz CT molecular complexity index is 173. The van der Waals surface area contributed by atoms with Crippen molar-refractivity contribution >= 4 is 0 Å². The second kappa shape index (κ2) is 6.20. The normalized spacial score (nSPS) is 20.7. The molecule has 2 nitrogen and oxygen atoms in total. The van der Waals surface area contributed by atoms with Crippen LogP contribution < -0.4 is 5.32 Å². The predicted molar refractivity (Wildman–Crippen MR) is 60.4 cm³/mol. The van der Waals surface area contributed by atoms with Gasteiger partial charge in [-0.05, 0) is 45.6 Å². The maximum atomic E-state index is 5.35. The molecule has 0 spiro atoms. The molecule has 2 heteroatoms. The Morgan fingerprint density at radius 3 is 2.71 bits per heavy atom. The summed E-state index contributed by atoms with van der Waals surface area (Å²) in [6.07, 6.45) is 3.51. The third-order valence-electron chi connectivity index (χ3n) is 2.99. The molecule has 1 heterocycles. The van der Waals surface area contributed by atoms with Crippen LogP contribution in [0.2, 0.25) is 0 Å². The average molecular weight is 197 g/mol. The maximum absolute atomic E-state index is 5.35. The van der Waals surface area contributed by atoms with Crippen LogP contribution in [0.25, 0.3) is 0 Å². The lowest BCUT2D eigenvalue weighted by Gasteiger charge is -2.28. The van der Waals surface area contributed by atoms with E-state index in [2.05, 4.69) is 25.7 Å². The summed E-state index contributed by atoms with van der Waals surface area (Å²) in [7, 11) is 0. The summed E-state index contributed by atoms with van der Waals surface area (Å²) in [5.74, 6) is 0.800. The van der Waals surface area contributed by atoms with Gasteiger partial charge in [-0.3, -0.25) is 0 Å². The zero-order valence-electron chi connectivity index (χ0n) is 9.51. The molecule has 0 aromatic rings. The third-order valence-corrected chi connectivity index (χ3v) is 2.99. The summed E-state index contributed by atoms with van der Waals surface area (Å²) in [5.41, 5.74) is 1.26. The molecular weight excluding hydrogens is 174 g/mol. The Balaban J connectivity index is 2.13. The first-order chi connectivity index (χ1) is 6.70. The van der Waals surface area contributed by atoms with E-state index in [4.69, 9.17) is 4.74 Å². The van der Waals surface area contributed by atoms with Crippen molar-refractivity contribution in [3.05, 3.63) is 12.2 Å². The van der Waals surface area contributed by atoms with Crippen LogP contribution in [0.4, 0.5) is 0 Å². The van der Waals surface area contributed by atoms with Crippen LogP contribution >= 0.6 is 0 Å². The van der Waals surface area contributed by atoms with Gasteiger partial charge >= 0.3 is 0 Å². The zero-order chi connectivity index (χ0) is 10.4. The summed E-state index contributed by atoms with van der Waals surface area (Å²) >= 11 is 0. The summed E-state index contributed by atoms with van der Waals surface area (Å²) < 4.78 is 5.35. The summed E-state index contributed by atoms with van der Waals surface area (Å²) in [5, 5.41) is 3.57. The van der Waals surface area contributed by atoms with Crippen LogP contribution in [0.5, 0.6) is 0 Å². The number of hydrogen-bond donors (Lipinski definition) is 1. The van der Waals surface area contributed by atoms with E-state index in [0.717, 1.165) is 32.1 Å². The van der Waals surface area contributed by atoms with E-state index >= 15 is 0 Å². The van der Waals surface area contributed by atoms with E-state index in [-0.39, 0.29) is 0 Å². The lowest BCUT2D eigenvalue weighted by atomic mass is 9.93. The summed E-state index contributed by atoms with van der Waals surface area (Å²) in [4.78, 5) is 0. The van der Waals surface area contributed by atoms with E-state index < -0.39 is 0 Å². The van der Waals surface area contributed by atoms with Crippen LogP contribution in [0.15, 0.2) is 12.2 Å². The molecule has 0 amide bonds. The molecule has 82 valence electrons. The monoisotopic (exact) mass is 197 g/mol. The topological polar surface area (TPSA) is 21.3 Å². The van der Waals surface area contributed by atoms with Crippen molar-refractivity contribution in [2.75, 3.05) is 19.8 Å². The lowest BCUT2D eigenvalue weighted by Crippen LogP contribution is -2.37. The Morgan fingerprint density at radius 1 is 1.50 bits per heavy atom. The molecule has 1 fully saturated rings. The lowest BCUT2D eigenvalue weighted by molar-refractivity contribution is 0.0561. The van der Waals surface area contributed by atoms with Crippen LogP contribution in [-0.4, -0.2) is 25.8 Å². The molecule has 1 rings (SSSR count). The number of nitrogens with one attached hydrogen (secondary N) is 1. The van der Waals surface area contributed by atoms with E-state index in [9.17, 15) is 0 Å². The molecule has 14 heavy (non-hydrogen) atoms. The molecule has 1 atom stereocenters. The highest BCUT2D eigenvalue weighted by Crippen LogP contribution is 2.18. The Hall–Kier alpha value is -0.340. The van der Waals surface area contributed by atoms with Crippen molar-refractivity contribution in [3.8, 4) is 0 Å². The predicted octanol–water partition coefficient (Wildman–Crippen LogP) is 2.36. The second-order valence-corrected chi connectivity index (χ2v) is 4.40. The molecule has 0 bridgehead atoms. The quantitative estimate of drug-likeness (QED) is 0.683. The first-order valence-electron chi connectivity index (χ1n) is 5.65. The largest absolute Gasteiger partial charge is 0.381 e. The van der Waals surface area contributed by atoms with E-state index in [1.807, 2.05) is 0 Å². The van der Waals surface area contributed by atoms with Gasteiger partial charge in [0.2, 0.25) is 0 Å². The van der Waals surface area contributed by atoms with Gasteiger partial charge in [0, 0.05) is 19.3 Å². The van der Waals surface area contributed by atoms with Crippen molar-refractivity contribution in [3.63, 3.8) is 0 Å². The average Bonchev–Trinajstić information content (AvgIpc) is 2.18. The minimum absolute atomic E-state index is 0.623. The summed E-state index contributed by atoms with van der Waals surface area (Å²) in [6.45, 7) is 11.2. The number of hydrogen-bond acceptors (Lipinski definition) is 2. The zero-order valence-corrected chi connectivity index (χ0v) is 9.51. The fraction of sp³-hybridized carbons (Fsp3) is 0.833. The number of ether oxygens (including phenoxy) is 1. The fourth-order valence-electron chi connectivity index (χ4n) is 1.90. The molecule has 1 unspecified atom stereocenters. The molecule has 1 aliphatic rings. The van der Waals surface area contributed by atoms with Gasteiger partial charge in [-0.25, -0.2) is 0 Å². The highest BCUT2D eigenvalue weighted by molar-refractivity contribution is 4.88. The molecule has 0 saturated carbocycles. The molecule has 1 N–H and O–H groups in total. The minimum Gasteiger partial charge on any atom is -0.381 e. The first-order valence-corrected chi connectivity index (χ1v) is 5.65. The van der Waals surface area contributed by atoms with Crippen LogP contribution in [0, 0.1) is 5.92 Å². The standard InChI is InChI=1S/C12H23NO/c1-10(2)4-7-13-11(3)12-5-8-14-9-6-12/h11-13H,1,4-9H2,2-3H3. The van der Waals surface area contributed by atoms with Crippen molar-refractivity contribution in [1.29, 1.82) is 0 Å². The van der Waals surface area contributed by atoms with E-state index in [1.165, 1.54) is 18.4 Å². The van der Waals surface area contributed by atoms with Gasteiger partial charge in [0.1, 0.15) is 0 Å². The fourth-order valence-corrected chi connectivity index (χ4v) is 1.90. The molecular formula is C12H23NO. The Kier molecular flexibility index (Phi) is 5.20. The van der Waals surface area contributed by atoms with Crippen molar-refractivity contribution in [1.82, 2.24) is 5.32 Å². The molecule has 0 aromatic carbocycles. The van der Waals surface area contributed by atoms with Crippen molar-refractivity contribution < 1.29 is 4.74 Å². The van der Waals surface area contributed by atoms with E-state index in [1.54, 1.807) is 0 Å². The van der Waals surface area contributed by atoms with Gasteiger partial charge < -0.3 is 10.1 Å². The number of rotatable bonds is 5. The van der Waals surface area contributed by atoms with Gasteiger partial charge in [0.25, 0.3) is 0 Å². The highest BCUT2D eigenvalue weighted by atomic mass is 16.5. The van der Waals surface area contributed by atoms with Gasteiger partial charge in [0.05, 0.1) is 0 Å². The summed E-state index contributed by atoms with van der Waals surface area (Å²) in [6, 6.07) is 0.623. The molecule has 0 aliphatic carbocycles. The Morgan fingerprint density at radius 2 is 2.14 bits per heavy atom. The molecule has 0 radical (unpaired) electrons. The van der Waals surface area contributed by atoms with Gasteiger partial charge in [-0.2, -0.15) is 0 Å². The first kappa shape index (κ1) is 11.7. The highest BCUT2D eigenvalue weighted by Gasteiger charge is 2.19. The van der Waals surface area contributed by atoms with Crippen molar-refractivity contribution in [2.45, 2.75) is 39.2 Å². The SMILES string of the molecule is C=C(C)CCNC(C)C1CCOCC1. The van der Waals surface area contributed by atoms with Crippen LogP contribution in [0.1, 0.15) is 33.1 Å². The van der Waals surface area contributed by atoms with Crippen molar-refractivity contribution in [2.24, 2.45) is 5.92 Å². The molecule has 0 aromatic heterocycles. The van der Waals surface area contributed by atoms with Crippen LogP contribution in [-0.2, 0) is 4.74 Å². The Labute approximate surface area is 87.7 Å². The van der Waals surface area contributed by atoms with Gasteiger partial charge in [0.15, 0.2) is 0 Å². The van der Waals surface area contributed by atoms with Crippen LogP contribution in [0.3, 0.4) is 0 Å². The minimum atomic E-state index is 0.623. The van der Waals surface area contributed by atoms with Gasteiger partial charge in [-0.15, -0.1) is 6.58 Å².